The Bertz CT molecular complexity index is 153. The summed E-state index contributed by atoms with van der Waals surface area (Å²) < 4.78 is 0. The number of rotatable bonds is 8. The molecular formula is C14H34O6. The number of aliphatic hydroxyl groups is 6. The zero-order valence-electron chi connectivity index (χ0n) is 13.1. The van der Waals surface area contributed by atoms with Gasteiger partial charge in [-0.15, -0.1) is 0 Å². The molecule has 0 aromatic heterocycles. The second-order valence-electron chi connectivity index (χ2n) is 4.67. The zero-order chi connectivity index (χ0) is 16.4. The van der Waals surface area contributed by atoms with Crippen LogP contribution in [0, 0.1) is 0 Å². The molecular weight excluding hydrogens is 264 g/mol. The van der Waals surface area contributed by atoms with Crippen molar-refractivity contribution in [2.75, 3.05) is 19.8 Å². The molecule has 0 aliphatic rings. The smallest absolute Gasteiger partial charge is 0.0742 e. The third-order valence-electron chi connectivity index (χ3n) is 2.23. The van der Waals surface area contributed by atoms with E-state index in [4.69, 9.17) is 30.6 Å². The molecule has 6 N–H and O–H groups in total. The minimum atomic E-state index is -0.560. The molecule has 0 aliphatic carbocycles. The second-order valence-corrected chi connectivity index (χ2v) is 4.67. The summed E-state index contributed by atoms with van der Waals surface area (Å²) in [6.45, 7) is 5.33. The largest absolute Gasteiger partial charge is 0.396 e. The molecule has 0 fully saturated rings. The molecule has 0 aromatic rings. The van der Waals surface area contributed by atoms with Gasteiger partial charge >= 0.3 is 0 Å². The number of hydrogen-bond acceptors (Lipinski definition) is 6. The van der Waals surface area contributed by atoms with Crippen molar-refractivity contribution in [1.82, 2.24) is 0 Å². The minimum absolute atomic E-state index is 0.0810. The molecule has 3 unspecified atom stereocenters. The molecule has 0 heterocycles. The second kappa shape index (κ2) is 21.1. The molecule has 0 amide bonds. The highest BCUT2D eigenvalue weighted by Crippen LogP contribution is 2.02. The highest BCUT2D eigenvalue weighted by molar-refractivity contribution is 4.51. The lowest BCUT2D eigenvalue weighted by Gasteiger charge is -2.04. The van der Waals surface area contributed by atoms with Crippen LogP contribution in [0.25, 0.3) is 0 Å². The SMILES string of the molecule is CC(O)CCO.CC(O)CO.CCC(O)CCCCO. The van der Waals surface area contributed by atoms with Crippen LogP contribution in [0.15, 0.2) is 0 Å². The fourth-order valence-corrected chi connectivity index (χ4v) is 0.883. The van der Waals surface area contributed by atoms with Gasteiger partial charge in [0.2, 0.25) is 0 Å². The Morgan fingerprint density at radius 1 is 0.750 bits per heavy atom. The monoisotopic (exact) mass is 298 g/mol. The predicted octanol–water partition coefficient (Wildman–Crippen LogP) is 0.0290. The van der Waals surface area contributed by atoms with Crippen molar-refractivity contribution in [3.8, 4) is 0 Å². The lowest BCUT2D eigenvalue weighted by atomic mass is 10.1. The summed E-state index contributed by atoms with van der Waals surface area (Å²) in [7, 11) is 0. The Kier molecular flexibility index (Phi) is 26.1. The van der Waals surface area contributed by atoms with E-state index in [1.54, 1.807) is 6.92 Å². The van der Waals surface area contributed by atoms with Gasteiger partial charge in [0.1, 0.15) is 0 Å². The summed E-state index contributed by atoms with van der Waals surface area (Å²) in [5.74, 6) is 0. The maximum atomic E-state index is 9.00. The molecule has 0 saturated heterocycles. The summed E-state index contributed by atoms with van der Waals surface area (Å²) in [4.78, 5) is 0. The number of unbranched alkanes of at least 4 members (excludes halogenated alkanes) is 1. The first-order valence-electron chi connectivity index (χ1n) is 7.22. The summed E-state index contributed by atoms with van der Waals surface area (Å²) in [5, 5.41) is 49.8. The standard InChI is InChI=1S/C7H16O2.C4H10O2.C3H8O2/c1-2-7(9)5-3-4-6-8;1-4(6)2-3-5;1-3(5)2-4/h7-9H,2-6H2,1H3;4-6H,2-3H2,1H3;3-5H,2H2,1H3. The first-order valence-corrected chi connectivity index (χ1v) is 7.22. The lowest BCUT2D eigenvalue weighted by molar-refractivity contribution is 0.110. The number of hydrogen-bond donors (Lipinski definition) is 6. The van der Waals surface area contributed by atoms with Crippen LogP contribution in [0.4, 0.5) is 0 Å². The molecule has 0 rings (SSSR count). The molecule has 0 saturated carbocycles. The Hall–Kier alpha value is -0.240. The van der Waals surface area contributed by atoms with Gasteiger partial charge in [-0.2, -0.15) is 0 Å². The molecule has 20 heavy (non-hydrogen) atoms. The van der Waals surface area contributed by atoms with Crippen LogP contribution in [0.3, 0.4) is 0 Å². The van der Waals surface area contributed by atoms with E-state index in [0.29, 0.717) is 6.42 Å². The van der Waals surface area contributed by atoms with Crippen molar-refractivity contribution in [3.05, 3.63) is 0 Å². The third kappa shape index (κ3) is 36.1. The van der Waals surface area contributed by atoms with Crippen molar-refractivity contribution in [2.45, 2.75) is 71.2 Å². The van der Waals surface area contributed by atoms with E-state index in [2.05, 4.69) is 0 Å². The van der Waals surface area contributed by atoms with E-state index in [1.165, 1.54) is 6.92 Å². The van der Waals surface area contributed by atoms with Crippen molar-refractivity contribution in [2.24, 2.45) is 0 Å². The maximum Gasteiger partial charge on any atom is 0.0742 e. The van der Waals surface area contributed by atoms with Crippen LogP contribution in [0.2, 0.25) is 0 Å². The van der Waals surface area contributed by atoms with Gasteiger partial charge in [0.25, 0.3) is 0 Å². The zero-order valence-corrected chi connectivity index (χ0v) is 13.1. The first kappa shape index (κ1) is 24.8. The summed E-state index contributed by atoms with van der Waals surface area (Å²) in [6, 6.07) is 0. The predicted molar refractivity (Wildman–Crippen MR) is 79.4 cm³/mol. The maximum absolute atomic E-state index is 9.00. The Balaban J connectivity index is -0.000000230. The molecule has 126 valence electrons. The third-order valence-corrected chi connectivity index (χ3v) is 2.23. The Morgan fingerprint density at radius 2 is 1.25 bits per heavy atom. The molecule has 0 bridgehead atoms. The fourth-order valence-electron chi connectivity index (χ4n) is 0.883. The van der Waals surface area contributed by atoms with Crippen LogP contribution < -0.4 is 0 Å². The molecule has 6 nitrogen and oxygen atoms in total. The van der Waals surface area contributed by atoms with E-state index in [1.807, 2.05) is 6.92 Å². The van der Waals surface area contributed by atoms with E-state index in [0.717, 1.165) is 25.7 Å². The van der Waals surface area contributed by atoms with Gasteiger partial charge in [-0.3, -0.25) is 0 Å². The fraction of sp³-hybridized carbons (Fsp3) is 1.00. The van der Waals surface area contributed by atoms with Crippen LogP contribution in [0.1, 0.15) is 52.9 Å². The van der Waals surface area contributed by atoms with Crippen LogP contribution in [-0.2, 0) is 0 Å². The average molecular weight is 298 g/mol. The van der Waals surface area contributed by atoms with Crippen molar-refractivity contribution in [3.63, 3.8) is 0 Å². The topological polar surface area (TPSA) is 121 Å². The molecule has 6 heteroatoms. The molecule has 0 spiro atoms. The van der Waals surface area contributed by atoms with Gasteiger partial charge in [-0.1, -0.05) is 6.92 Å². The first-order chi connectivity index (χ1) is 9.35. The van der Waals surface area contributed by atoms with E-state index < -0.39 is 6.10 Å². The Labute approximate surface area is 122 Å². The lowest BCUT2D eigenvalue weighted by Crippen LogP contribution is -2.03. The summed E-state index contributed by atoms with van der Waals surface area (Å²) in [5.41, 5.74) is 0. The van der Waals surface area contributed by atoms with Crippen molar-refractivity contribution < 1.29 is 30.6 Å². The molecule has 0 aromatic carbocycles. The van der Waals surface area contributed by atoms with Gasteiger partial charge in [-0.05, 0) is 46.0 Å². The van der Waals surface area contributed by atoms with E-state index in [-0.39, 0.29) is 32.0 Å². The Morgan fingerprint density at radius 3 is 1.45 bits per heavy atom. The average Bonchev–Trinajstić information content (AvgIpc) is 2.40. The summed E-state index contributed by atoms with van der Waals surface area (Å²) in [6.07, 6.45) is 2.83. The number of aliphatic hydroxyl groups excluding tert-OH is 6. The minimum Gasteiger partial charge on any atom is -0.396 e. The van der Waals surface area contributed by atoms with E-state index in [9.17, 15) is 0 Å². The normalized spacial score (nSPS) is 14.2. The molecule has 0 radical (unpaired) electrons. The van der Waals surface area contributed by atoms with Crippen molar-refractivity contribution >= 4 is 0 Å². The molecule has 0 aliphatic heterocycles. The van der Waals surface area contributed by atoms with Crippen molar-refractivity contribution in [1.29, 1.82) is 0 Å². The molecule has 3 atom stereocenters. The van der Waals surface area contributed by atoms with Gasteiger partial charge in [0, 0.05) is 13.2 Å². The summed E-state index contributed by atoms with van der Waals surface area (Å²) >= 11 is 0. The van der Waals surface area contributed by atoms with Crippen LogP contribution in [-0.4, -0.2) is 68.8 Å². The van der Waals surface area contributed by atoms with Gasteiger partial charge in [0.15, 0.2) is 0 Å². The van der Waals surface area contributed by atoms with Gasteiger partial charge < -0.3 is 30.6 Å². The van der Waals surface area contributed by atoms with Gasteiger partial charge in [-0.25, -0.2) is 0 Å². The highest BCUT2D eigenvalue weighted by atomic mass is 16.3. The van der Waals surface area contributed by atoms with Crippen LogP contribution in [0.5, 0.6) is 0 Å². The van der Waals surface area contributed by atoms with Crippen LogP contribution >= 0.6 is 0 Å². The highest BCUT2D eigenvalue weighted by Gasteiger charge is 1.97. The quantitative estimate of drug-likeness (QED) is 0.352. The van der Waals surface area contributed by atoms with E-state index >= 15 is 0 Å². The van der Waals surface area contributed by atoms with Gasteiger partial charge in [0.05, 0.1) is 24.9 Å².